The summed E-state index contributed by atoms with van der Waals surface area (Å²) in [6.07, 6.45) is 0. The average Bonchev–Trinajstić information content (AvgIpc) is 2.83. The molecule has 2 unspecified atom stereocenters. The number of hydrogen-bond donors (Lipinski definition) is 1. The van der Waals surface area contributed by atoms with Crippen molar-refractivity contribution in [2.45, 2.75) is 19.0 Å². The van der Waals surface area contributed by atoms with E-state index in [1.54, 1.807) is 0 Å². The van der Waals surface area contributed by atoms with Gasteiger partial charge in [0.1, 0.15) is 0 Å². The Morgan fingerprint density at radius 2 is 2.29 bits per heavy atom. The lowest BCUT2D eigenvalue weighted by Gasteiger charge is -2.41. The van der Waals surface area contributed by atoms with Gasteiger partial charge in [-0.15, -0.1) is 11.3 Å². The first kappa shape index (κ1) is 13.0. The zero-order valence-electron chi connectivity index (χ0n) is 11.0. The van der Waals surface area contributed by atoms with Gasteiger partial charge in [-0.05, 0) is 32.1 Å². The monoisotopic (exact) mass is 253 g/mol. The maximum atomic E-state index is 3.65. The van der Waals surface area contributed by atoms with Gasteiger partial charge in [0.05, 0.1) is 6.04 Å². The number of piperazine rings is 1. The number of rotatable bonds is 4. The summed E-state index contributed by atoms with van der Waals surface area (Å²) in [4.78, 5) is 6.38. The summed E-state index contributed by atoms with van der Waals surface area (Å²) in [7, 11) is 4.47. The van der Waals surface area contributed by atoms with E-state index in [9.17, 15) is 0 Å². The van der Waals surface area contributed by atoms with Crippen LogP contribution in [0.1, 0.15) is 17.8 Å². The van der Waals surface area contributed by atoms with Gasteiger partial charge in [-0.1, -0.05) is 13.0 Å². The molecule has 0 aromatic carbocycles. The van der Waals surface area contributed by atoms with Crippen LogP contribution in [-0.4, -0.2) is 56.1 Å². The molecule has 1 aromatic heterocycles. The van der Waals surface area contributed by atoms with Crippen LogP contribution >= 0.6 is 11.3 Å². The van der Waals surface area contributed by atoms with E-state index in [1.807, 2.05) is 11.3 Å². The van der Waals surface area contributed by atoms with E-state index < -0.39 is 0 Å². The summed E-state index contributed by atoms with van der Waals surface area (Å²) in [5.74, 6) is 0. The minimum absolute atomic E-state index is 0.466. The molecule has 0 saturated carbocycles. The smallest absolute Gasteiger partial charge is 0.0585 e. The normalized spacial score (nSPS) is 25.0. The van der Waals surface area contributed by atoms with E-state index in [0.29, 0.717) is 12.1 Å². The van der Waals surface area contributed by atoms with Crippen molar-refractivity contribution in [3.63, 3.8) is 0 Å². The van der Waals surface area contributed by atoms with Gasteiger partial charge in [-0.3, -0.25) is 4.90 Å². The Balaban J connectivity index is 2.14. The molecule has 0 radical (unpaired) electrons. The molecule has 96 valence electrons. The Hall–Kier alpha value is -0.420. The predicted molar refractivity (Wildman–Crippen MR) is 74.7 cm³/mol. The van der Waals surface area contributed by atoms with E-state index in [4.69, 9.17) is 0 Å². The number of thiophene rings is 1. The summed E-state index contributed by atoms with van der Waals surface area (Å²) >= 11 is 1.86. The molecule has 3 nitrogen and oxygen atoms in total. The fourth-order valence-corrected chi connectivity index (χ4v) is 3.38. The fourth-order valence-electron chi connectivity index (χ4n) is 2.52. The van der Waals surface area contributed by atoms with E-state index in [1.165, 1.54) is 11.4 Å². The molecule has 4 heteroatoms. The molecule has 2 rings (SSSR count). The highest BCUT2D eigenvalue weighted by atomic mass is 32.1. The van der Waals surface area contributed by atoms with Gasteiger partial charge >= 0.3 is 0 Å². The fraction of sp³-hybridized carbons (Fsp3) is 0.692. The third-order valence-corrected chi connectivity index (χ3v) is 4.51. The molecule has 1 saturated heterocycles. The van der Waals surface area contributed by atoms with Crippen molar-refractivity contribution in [2.24, 2.45) is 0 Å². The molecule has 1 aromatic rings. The Kier molecular flexibility index (Phi) is 4.56. The number of nitrogens with zero attached hydrogens (tertiary/aromatic N) is 2. The Labute approximate surface area is 108 Å². The summed E-state index contributed by atoms with van der Waals surface area (Å²) in [5, 5.41) is 5.82. The first-order valence-electron chi connectivity index (χ1n) is 6.38. The lowest BCUT2D eigenvalue weighted by Crippen LogP contribution is -2.54. The van der Waals surface area contributed by atoms with Crippen molar-refractivity contribution < 1.29 is 0 Å². The molecule has 1 fully saturated rings. The molecule has 1 aliphatic rings. The summed E-state index contributed by atoms with van der Waals surface area (Å²) in [6, 6.07) is 5.44. The second kappa shape index (κ2) is 5.96. The molecule has 2 heterocycles. The van der Waals surface area contributed by atoms with E-state index in [-0.39, 0.29) is 0 Å². The lowest BCUT2D eigenvalue weighted by atomic mass is 10.0. The van der Waals surface area contributed by atoms with Crippen molar-refractivity contribution in [1.82, 2.24) is 15.1 Å². The topological polar surface area (TPSA) is 18.5 Å². The van der Waals surface area contributed by atoms with E-state index in [2.05, 4.69) is 53.6 Å². The standard InChI is InChI=1S/C13H23N3S/c1-4-14-13(12-6-5-9-17-12)11-10-15(2)7-8-16(11)3/h5-6,9,11,13-14H,4,7-8,10H2,1-3H3. The zero-order valence-corrected chi connectivity index (χ0v) is 11.8. The highest BCUT2D eigenvalue weighted by Crippen LogP contribution is 2.26. The summed E-state index contributed by atoms with van der Waals surface area (Å²) in [6.45, 7) is 6.69. The molecule has 17 heavy (non-hydrogen) atoms. The van der Waals surface area contributed by atoms with Crippen LogP contribution in [0.25, 0.3) is 0 Å². The Bertz CT molecular complexity index is 325. The van der Waals surface area contributed by atoms with Crippen molar-refractivity contribution in [1.29, 1.82) is 0 Å². The Morgan fingerprint density at radius 3 is 2.94 bits per heavy atom. The molecule has 2 atom stereocenters. The van der Waals surface area contributed by atoms with Crippen LogP contribution in [0.3, 0.4) is 0 Å². The van der Waals surface area contributed by atoms with Crippen LogP contribution in [-0.2, 0) is 0 Å². The van der Waals surface area contributed by atoms with Crippen LogP contribution < -0.4 is 5.32 Å². The van der Waals surface area contributed by atoms with Crippen LogP contribution in [0.15, 0.2) is 17.5 Å². The van der Waals surface area contributed by atoms with Crippen molar-refractivity contribution in [2.75, 3.05) is 40.3 Å². The van der Waals surface area contributed by atoms with Gasteiger partial charge in [0, 0.05) is 30.6 Å². The Morgan fingerprint density at radius 1 is 1.47 bits per heavy atom. The molecule has 1 aliphatic heterocycles. The van der Waals surface area contributed by atoms with Crippen LogP contribution in [0.2, 0.25) is 0 Å². The number of likely N-dealkylation sites (N-methyl/N-ethyl adjacent to an activating group) is 3. The van der Waals surface area contributed by atoms with Gasteiger partial charge in [0.15, 0.2) is 0 Å². The van der Waals surface area contributed by atoms with Gasteiger partial charge in [-0.25, -0.2) is 0 Å². The largest absolute Gasteiger partial charge is 0.308 e. The van der Waals surface area contributed by atoms with Crippen molar-refractivity contribution in [3.05, 3.63) is 22.4 Å². The minimum atomic E-state index is 0.466. The quantitative estimate of drug-likeness (QED) is 0.880. The zero-order chi connectivity index (χ0) is 12.3. The van der Waals surface area contributed by atoms with Gasteiger partial charge in [0.2, 0.25) is 0 Å². The third-order valence-electron chi connectivity index (χ3n) is 3.56. The molecule has 0 amide bonds. The first-order chi connectivity index (χ1) is 8.22. The first-order valence-corrected chi connectivity index (χ1v) is 7.26. The molecule has 0 aliphatic carbocycles. The van der Waals surface area contributed by atoms with Gasteiger partial charge in [-0.2, -0.15) is 0 Å². The van der Waals surface area contributed by atoms with Crippen molar-refractivity contribution in [3.8, 4) is 0 Å². The van der Waals surface area contributed by atoms with Gasteiger partial charge in [0.25, 0.3) is 0 Å². The van der Waals surface area contributed by atoms with E-state index >= 15 is 0 Å². The van der Waals surface area contributed by atoms with Crippen molar-refractivity contribution >= 4 is 11.3 Å². The maximum Gasteiger partial charge on any atom is 0.0585 e. The molecular formula is C13H23N3S. The molecule has 0 spiro atoms. The maximum absolute atomic E-state index is 3.65. The number of nitrogens with one attached hydrogen (secondary N) is 1. The van der Waals surface area contributed by atoms with Crippen LogP contribution in [0, 0.1) is 0 Å². The number of hydrogen-bond acceptors (Lipinski definition) is 4. The van der Waals surface area contributed by atoms with E-state index in [0.717, 1.165) is 19.6 Å². The highest BCUT2D eigenvalue weighted by molar-refractivity contribution is 7.10. The second-order valence-electron chi connectivity index (χ2n) is 4.86. The van der Waals surface area contributed by atoms with Gasteiger partial charge < -0.3 is 10.2 Å². The predicted octanol–water partition coefficient (Wildman–Crippen LogP) is 1.64. The highest BCUT2D eigenvalue weighted by Gasteiger charge is 2.30. The second-order valence-corrected chi connectivity index (χ2v) is 5.84. The summed E-state index contributed by atoms with van der Waals surface area (Å²) < 4.78 is 0. The SMILES string of the molecule is CCNC(c1cccs1)C1CN(C)CCN1C. The average molecular weight is 253 g/mol. The third kappa shape index (κ3) is 3.07. The van der Waals surface area contributed by atoms with Crippen LogP contribution in [0.4, 0.5) is 0 Å². The molecular weight excluding hydrogens is 230 g/mol. The lowest BCUT2D eigenvalue weighted by molar-refractivity contribution is 0.0889. The minimum Gasteiger partial charge on any atom is -0.308 e. The summed E-state index contributed by atoms with van der Waals surface area (Å²) in [5.41, 5.74) is 0. The van der Waals surface area contributed by atoms with Crippen LogP contribution in [0.5, 0.6) is 0 Å². The molecule has 0 bridgehead atoms. The molecule has 1 N–H and O–H groups in total.